The second-order valence-corrected chi connectivity index (χ2v) is 2.78. The summed E-state index contributed by atoms with van der Waals surface area (Å²) >= 11 is 0. The Morgan fingerprint density at radius 2 is 2.36 bits per heavy atom. The van der Waals surface area contributed by atoms with Crippen molar-refractivity contribution in [2.75, 3.05) is 18.5 Å². The summed E-state index contributed by atoms with van der Waals surface area (Å²) in [5.41, 5.74) is 6.81. The van der Waals surface area contributed by atoms with Crippen molar-refractivity contribution in [2.24, 2.45) is 0 Å². The van der Waals surface area contributed by atoms with E-state index in [1.54, 1.807) is 12.4 Å². The largest absolute Gasteiger partial charge is 0.355 e. The number of amides is 1. The van der Waals surface area contributed by atoms with Gasteiger partial charge >= 0.3 is 0 Å². The lowest BCUT2D eigenvalue weighted by Gasteiger charge is -2.07. The molecule has 1 aromatic heterocycles. The van der Waals surface area contributed by atoms with Gasteiger partial charge in [0.15, 0.2) is 0 Å². The summed E-state index contributed by atoms with van der Waals surface area (Å²) in [6, 6.07) is 3.75. The number of hydrogen-bond donors (Lipinski definition) is 3. The first kappa shape index (κ1) is 10.5. The van der Waals surface area contributed by atoms with Crippen LogP contribution in [0.15, 0.2) is 24.5 Å². The number of hydrogen-bond acceptors (Lipinski definition) is 4. The van der Waals surface area contributed by atoms with Gasteiger partial charge in [-0.15, -0.1) is 0 Å². The molecule has 0 saturated heterocycles. The van der Waals surface area contributed by atoms with Crippen molar-refractivity contribution in [3.05, 3.63) is 24.5 Å². The van der Waals surface area contributed by atoms with Gasteiger partial charge in [-0.25, -0.2) is 5.43 Å². The first-order valence-corrected chi connectivity index (χ1v) is 4.42. The van der Waals surface area contributed by atoms with E-state index in [4.69, 9.17) is 0 Å². The summed E-state index contributed by atoms with van der Waals surface area (Å²) in [7, 11) is 0. The summed E-state index contributed by atoms with van der Waals surface area (Å²) in [6.07, 6.45) is 3.42. The van der Waals surface area contributed by atoms with Crippen molar-refractivity contribution in [1.82, 2.24) is 15.7 Å². The lowest BCUT2D eigenvalue weighted by molar-refractivity contribution is -0.118. The van der Waals surface area contributed by atoms with Crippen molar-refractivity contribution in [1.29, 1.82) is 0 Å². The van der Waals surface area contributed by atoms with E-state index >= 15 is 0 Å². The minimum Gasteiger partial charge on any atom is -0.355 e. The van der Waals surface area contributed by atoms with Gasteiger partial charge in [-0.3, -0.25) is 9.78 Å². The average molecular weight is 194 g/mol. The summed E-state index contributed by atoms with van der Waals surface area (Å²) in [5.74, 6) is -0.0202. The molecule has 14 heavy (non-hydrogen) atoms. The van der Waals surface area contributed by atoms with E-state index in [2.05, 4.69) is 21.2 Å². The lowest BCUT2D eigenvalue weighted by atomic mass is 10.4. The zero-order valence-electron chi connectivity index (χ0n) is 8.08. The third-order valence-corrected chi connectivity index (χ3v) is 1.52. The van der Waals surface area contributed by atoms with E-state index in [9.17, 15) is 4.79 Å². The van der Waals surface area contributed by atoms with Crippen LogP contribution in [0.25, 0.3) is 0 Å². The Balaban J connectivity index is 2.08. The number of carbonyl (C=O) groups is 1. The SMILES string of the molecule is CC(=O)NCCNNc1cccnc1. The fourth-order valence-electron chi connectivity index (χ4n) is 0.902. The van der Waals surface area contributed by atoms with Gasteiger partial charge in [-0.2, -0.15) is 0 Å². The van der Waals surface area contributed by atoms with E-state index in [-0.39, 0.29) is 5.91 Å². The molecular formula is C9H14N4O. The molecule has 0 bridgehead atoms. The van der Waals surface area contributed by atoms with Gasteiger partial charge in [0.25, 0.3) is 0 Å². The van der Waals surface area contributed by atoms with Crippen LogP contribution in [0.3, 0.4) is 0 Å². The second-order valence-electron chi connectivity index (χ2n) is 2.78. The van der Waals surface area contributed by atoms with Crippen molar-refractivity contribution in [3.63, 3.8) is 0 Å². The van der Waals surface area contributed by atoms with Crippen LogP contribution in [0.4, 0.5) is 5.69 Å². The highest BCUT2D eigenvalue weighted by Crippen LogP contribution is 1.98. The Bertz CT molecular complexity index is 275. The molecule has 0 fully saturated rings. The van der Waals surface area contributed by atoms with Crippen LogP contribution in [0.1, 0.15) is 6.92 Å². The van der Waals surface area contributed by atoms with E-state index in [1.807, 2.05) is 12.1 Å². The maximum absolute atomic E-state index is 10.5. The van der Waals surface area contributed by atoms with Gasteiger partial charge < -0.3 is 10.7 Å². The number of rotatable bonds is 5. The molecule has 1 rings (SSSR count). The maximum atomic E-state index is 10.5. The third-order valence-electron chi connectivity index (χ3n) is 1.52. The van der Waals surface area contributed by atoms with Crippen molar-refractivity contribution in [3.8, 4) is 0 Å². The van der Waals surface area contributed by atoms with Crippen molar-refractivity contribution < 1.29 is 4.79 Å². The molecule has 5 nitrogen and oxygen atoms in total. The smallest absolute Gasteiger partial charge is 0.216 e. The molecule has 0 radical (unpaired) electrons. The molecular weight excluding hydrogens is 180 g/mol. The fourth-order valence-corrected chi connectivity index (χ4v) is 0.902. The zero-order valence-corrected chi connectivity index (χ0v) is 8.08. The predicted octanol–water partition coefficient (Wildman–Crippen LogP) is 0.134. The van der Waals surface area contributed by atoms with Crippen LogP contribution in [0, 0.1) is 0 Å². The molecule has 0 unspecified atom stereocenters. The molecule has 1 amide bonds. The maximum Gasteiger partial charge on any atom is 0.216 e. The number of nitrogens with zero attached hydrogens (tertiary/aromatic N) is 1. The van der Waals surface area contributed by atoms with Gasteiger partial charge in [0, 0.05) is 26.2 Å². The number of carbonyl (C=O) groups excluding carboxylic acids is 1. The van der Waals surface area contributed by atoms with Crippen LogP contribution < -0.4 is 16.2 Å². The van der Waals surface area contributed by atoms with Crippen LogP contribution in [0.2, 0.25) is 0 Å². The molecule has 3 N–H and O–H groups in total. The Morgan fingerprint density at radius 1 is 1.50 bits per heavy atom. The average Bonchev–Trinajstić information content (AvgIpc) is 2.18. The highest BCUT2D eigenvalue weighted by Gasteiger charge is 1.90. The lowest BCUT2D eigenvalue weighted by Crippen LogP contribution is -2.33. The molecule has 0 saturated carbocycles. The molecule has 0 aromatic carbocycles. The summed E-state index contributed by atoms with van der Waals surface area (Å²) < 4.78 is 0. The number of pyridine rings is 1. The highest BCUT2D eigenvalue weighted by molar-refractivity contribution is 5.72. The van der Waals surface area contributed by atoms with Crippen molar-refractivity contribution >= 4 is 11.6 Å². The first-order valence-electron chi connectivity index (χ1n) is 4.42. The van der Waals surface area contributed by atoms with Gasteiger partial charge in [0.2, 0.25) is 5.91 Å². The Labute approximate surface area is 82.9 Å². The highest BCUT2D eigenvalue weighted by atomic mass is 16.1. The molecule has 0 aliphatic heterocycles. The molecule has 5 heteroatoms. The van der Waals surface area contributed by atoms with E-state index in [1.165, 1.54) is 6.92 Å². The topological polar surface area (TPSA) is 66.1 Å². The van der Waals surface area contributed by atoms with Crippen LogP contribution in [-0.2, 0) is 4.79 Å². The molecule has 0 spiro atoms. The summed E-state index contributed by atoms with van der Waals surface area (Å²) in [6.45, 7) is 2.76. The first-order chi connectivity index (χ1) is 6.79. The number of nitrogens with one attached hydrogen (secondary N) is 3. The van der Waals surface area contributed by atoms with Gasteiger partial charge in [0.05, 0.1) is 11.9 Å². The minimum absolute atomic E-state index is 0.0202. The number of hydrazine groups is 1. The number of aromatic nitrogens is 1. The van der Waals surface area contributed by atoms with Gasteiger partial charge in [-0.1, -0.05) is 0 Å². The van der Waals surface area contributed by atoms with Crippen molar-refractivity contribution in [2.45, 2.75) is 6.92 Å². The van der Waals surface area contributed by atoms with Crippen LogP contribution in [-0.4, -0.2) is 24.0 Å². The quantitative estimate of drug-likeness (QED) is 0.460. The Hall–Kier alpha value is -1.62. The number of anilines is 1. The predicted molar refractivity (Wildman–Crippen MR) is 54.5 cm³/mol. The minimum atomic E-state index is -0.0202. The summed E-state index contributed by atoms with van der Waals surface area (Å²) in [5, 5.41) is 2.67. The molecule has 0 aliphatic rings. The zero-order chi connectivity index (χ0) is 10.2. The molecule has 1 aromatic rings. The molecule has 1 heterocycles. The standard InChI is InChI=1S/C9H14N4O/c1-8(14)11-5-6-12-13-9-3-2-4-10-7-9/h2-4,7,12-13H,5-6H2,1H3,(H,11,14). The van der Waals surface area contributed by atoms with Gasteiger partial charge in [0.1, 0.15) is 0 Å². The van der Waals surface area contributed by atoms with E-state index in [0.717, 1.165) is 5.69 Å². The Kier molecular flexibility index (Phi) is 4.43. The summed E-state index contributed by atoms with van der Waals surface area (Å²) in [4.78, 5) is 14.4. The van der Waals surface area contributed by atoms with Crippen LogP contribution >= 0.6 is 0 Å². The fraction of sp³-hybridized carbons (Fsp3) is 0.333. The normalized spacial score (nSPS) is 9.50. The second kappa shape index (κ2) is 5.93. The Morgan fingerprint density at radius 3 is 3.00 bits per heavy atom. The third kappa shape index (κ3) is 4.42. The molecule has 76 valence electrons. The van der Waals surface area contributed by atoms with Gasteiger partial charge in [-0.05, 0) is 12.1 Å². The van der Waals surface area contributed by atoms with E-state index in [0.29, 0.717) is 13.1 Å². The molecule has 0 atom stereocenters. The van der Waals surface area contributed by atoms with Crippen LogP contribution in [0.5, 0.6) is 0 Å². The monoisotopic (exact) mass is 194 g/mol. The van der Waals surface area contributed by atoms with E-state index < -0.39 is 0 Å². The molecule has 0 aliphatic carbocycles.